The third kappa shape index (κ3) is 2.11. The summed E-state index contributed by atoms with van der Waals surface area (Å²) in [6, 6.07) is 13.2. The molecule has 2 aromatic carbocycles. The third-order valence-corrected chi connectivity index (χ3v) is 3.72. The van der Waals surface area contributed by atoms with Crippen LogP contribution in [0.5, 0.6) is 0 Å². The lowest BCUT2D eigenvalue weighted by molar-refractivity contribution is 0.0934. The zero-order valence-electron chi connectivity index (χ0n) is 10.9. The van der Waals surface area contributed by atoms with E-state index in [-0.39, 0.29) is 5.91 Å². The fourth-order valence-corrected chi connectivity index (χ4v) is 2.72. The number of primary amides is 1. The maximum Gasteiger partial charge on any atom is 0.314 e. The Hall–Kier alpha value is -2.53. The van der Waals surface area contributed by atoms with Gasteiger partial charge in [0, 0.05) is 21.7 Å². The Labute approximate surface area is 126 Å². The van der Waals surface area contributed by atoms with Crippen LogP contribution in [-0.4, -0.2) is 11.9 Å². The number of fused-ring (bicyclic) bond motifs is 1. The van der Waals surface area contributed by atoms with E-state index in [1.54, 1.807) is 48.5 Å². The second-order valence-corrected chi connectivity index (χ2v) is 5.18. The third-order valence-electron chi connectivity index (χ3n) is 3.46. The highest BCUT2D eigenvalue weighted by Gasteiger charge is 2.45. The zero-order chi connectivity index (χ0) is 15.0. The van der Waals surface area contributed by atoms with Crippen molar-refractivity contribution in [3.05, 3.63) is 70.2 Å². The van der Waals surface area contributed by atoms with Gasteiger partial charge in [0.05, 0.1) is 0 Å². The smallest absolute Gasteiger partial charge is 0.314 e. The van der Waals surface area contributed by atoms with E-state index in [4.69, 9.17) is 17.3 Å². The van der Waals surface area contributed by atoms with Crippen LogP contribution in [0.25, 0.3) is 0 Å². The second kappa shape index (κ2) is 4.79. The summed E-state index contributed by atoms with van der Waals surface area (Å²) in [6.07, 6.45) is 0. The highest BCUT2D eigenvalue weighted by Crippen LogP contribution is 2.35. The molecule has 106 valence electrons. The molecule has 1 aliphatic rings. The summed E-state index contributed by atoms with van der Waals surface area (Å²) >= 11 is 5.90. The predicted octanol–water partition coefficient (Wildman–Crippen LogP) is 1.95. The molecule has 6 heteroatoms. The maximum atomic E-state index is 12.2. The van der Waals surface area contributed by atoms with Gasteiger partial charge in [-0.3, -0.25) is 4.79 Å². The molecule has 0 bridgehead atoms. The SMILES string of the molecule is NC(=O)N[C@]1(c2ccc(Cl)cc2)NC(=O)c2ccccc21. The van der Waals surface area contributed by atoms with E-state index < -0.39 is 11.7 Å². The number of carbonyl (C=O) groups excluding carboxylic acids is 2. The van der Waals surface area contributed by atoms with Crippen molar-refractivity contribution in [3.63, 3.8) is 0 Å². The molecule has 3 rings (SSSR count). The Bertz CT molecular complexity index is 726. The first-order chi connectivity index (χ1) is 10.0. The van der Waals surface area contributed by atoms with Gasteiger partial charge in [-0.05, 0) is 18.2 Å². The first kappa shape index (κ1) is 13.5. The topological polar surface area (TPSA) is 84.2 Å². The molecule has 5 nitrogen and oxygen atoms in total. The number of hydrogen-bond donors (Lipinski definition) is 3. The van der Waals surface area contributed by atoms with Crippen molar-refractivity contribution in [2.75, 3.05) is 0 Å². The number of benzene rings is 2. The van der Waals surface area contributed by atoms with Gasteiger partial charge in [0.1, 0.15) is 0 Å². The molecule has 0 aromatic heterocycles. The van der Waals surface area contributed by atoms with Gasteiger partial charge in [-0.15, -0.1) is 0 Å². The van der Waals surface area contributed by atoms with Crippen molar-refractivity contribution in [2.45, 2.75) is 5.66 Å². The summed E-state index contributed by atoms with van der Waals surface area (Å²) in [7, 11) is 0. The molecule has 3 amide bonds. The first-order valence-electron chi connectivity index (χ1n) is 6.28. The van der Waals surface area contributed by atoms with Gasteiger partial charge in [-0.1, -0.05) is 41.9 Å². The summed E-state index contributed by atoms with van der Waals surface area (Å²) in [4.78, 5) is 23.6. The van der Waals surface area contributed by atoms with Gasteiger partial charge >= 0.3 is 6.03 Å². The van der Waals surface area contributed by atoms with Crippen LogP contribution in [0.3, 0.4) is 0 Å². The molecular formula is C15H12ClN3O2. The Balaban J connectivity index is 2.22. The average molecular weight is 302 g/mol. The van der Waals surface area contributed by atoms with E-state index in [9.17, 15) is 9.59 Å². The van der Waals surface area contributed by atoms with Crippen LogP contribution < -0.4 is 16.4 Å². The molecular weight excluding hydrogens is 290 g/mol. The van der Waals surface area contributed by atoms with Gasteiger partial charge in [0.2, 0.25) is 0 Å². The molecule has 0 spiro atoms. The van der Waals surface area contributed by atoms with Crippen LogP contribution in [0.1, 0.15) is 21.5 Å². The molecule has 1 heterocycles. The minimum absolute atomic E-state index is 0.269. The first-order valence-corrected chi connectivity index (χ1v) is 6.66. The molecule has 0 unspecified atom stereocenters. The molecule has 0 fully saturated rings. The lowest BCUT2D eigenvalue weighted by Crippen LogP contribution is -2.56. The molecule has 2 aromatic rings. The van der Waals surface area contributed by atoms with Crippen LogP contribution in [0.15, 0.2) is 48.5 Å². The summed E-state index contributed by atoms with van der Waals surface area (Å²) in [5.41, 5.74) is 5.94. The lowest BCUT2D eigenvalue weighted by atomic mass is 9.91. The minimum Gasteiger partial charge on any atom is -0.352 e. The monoisotopic (exact) mass is 301 g/mol. The highest BCUT2D eigenvalue weighted by atomic mass is 35.5. The van der Waals surface area contributed by atoms with Gasteiger partial charge in [-0.2, -0.15) is 0 Å². The van der Waals surface area contributed by atoms with E-state index in [2.05, 4.69) is 10.6 Å². The van der Waals surface area contributed by atoms with Gasteiger partial charge in [0.25, 0.3) is 5.91 Å². The molecule has 21 heavy (non-hydrogen) atoms. The minimum atomic E-state index is -1.18. The van der Waals surface area contributed by atoms with Gasteiger partial charge in [0.15, 0.2) is 5.66 Å². The fourth-order valence-electron chi connectivity index (χ4n) is 2.60. The Morgan fingerprint density at radius 1 is 1.14 bits per heavy atom. The maximum absolute atomic E-state index is 12.2. The summed E-state index contributed by atoms with van der Waals surface area (Å²) in [6.45, 7) is 0. The van der Waals surface area contributed by atoms with E-state index in [1.165, 1.54) is 0 Å². The van der Waals surface area contributed by atoms with Crippen molar-refractivity contribution in [1.82, 2.24) is 10.6 Å². The molecule has 1 atom stereocenters. The average Bonchev–Trinajstić information content (AvgIpc) is 2.73. The number of urea groups is 1. The number of amides is 3. The number of nitrogens with two attached hydrogens (primary N) is 1. The number of rotatable bonds is 2. The Morgan fingerprint density at radius 2 is 1.81 bits per heavy atom. The zero-order valence-corrected chi connectivity index (χ0v) is 11.6. The van der Waals surface area contributed by atoms with Gasteiger partial charge < -0.3 is 16.4 Å². The number of carbonyl (C=O) groups is 2. The van der Waals surface area contributed by atoms with E-state index in [0.717, 1.165) is 0 Å². The lowest BCUT2D eigenvalue weighted by Gasteiger charge is -2.31. The van der Waals surface area contributed by atoms with Crippen LogP contribution in [-0.2, 0) is 5.66 Å². The standard InChI is InChI=1S/C15H12ClN3O2/c16-10-7-5-9(6-8-10)15(19-14(17)21)12-4-2-1-3-11(12)13(20)18-15/h1-8H,(H,18,20)(H3,17,19,21)/t15-/m0/s1. The number of hydrogen-bond acceptors (Lipinski definition) is 2. The van der Waals surface area contributed by atoms with E-state index >= 15 is 0 Å². The van der Waals surface area contributed by atoms with Crippen LogP contribution in [0.2, 0.25) is 5.02 Å². The van der Waals surface area contributed by atoms with Crippen molar-refractivity contribution in [1.29, 1.82) is 0 Å². The summed E-state index contributed by atoms with van der Waals surface area (Å²) < 4.78 is 0. The van der Waals surface area contributed by atoms with Crippen molar-refractivity contribution in [2.24, 2.45) is 5.73 Å². The number of halogens is 1. The molecule has 4 N–H and O–H groups in total. The highest BCUT2D eigenvalue weighted by molar-refractivity contribution is 6.30. The van der Waals surface area contributed by atoms with E-state index in [1.807, 2.05) is 0 Å². The quantitative estimate of drug-likeness (QED) is 0.792. The second-order valence-electron chi connectivity index (χ2n) is 4.75. The molecule has 0 aliphatic carbocycles. The normalized spacial score (nSPS) is 19.8. The molecule has 0 radical (unpaired) electrons. The molecule has 0 saturated heterocycles. The largest absolute Gasteiger partial charge is 0.352 e. The van der Waals surface area contributed by atoms with Gasteiger partial charge in [-0.25, -0.2) is 4.79 Å². The Kier molecular flexibility index (Phi) is 3.07. The van der Waals surface area contributed by atoms with Crippen LogP contribution in [0, 0.1) is 0 Å². The number of nitrogens with one attached hydrogen (secondary N) is 2. The Morgan fingerprint density at radius 3 is 2.48 bits per heavy atom. The summed E-state index contributed by atoms with van der Waals surface area (Å²) in [5, 5.41) is 6.01. The molecule has 1 aliphatic heterocycles. The predicted molar refractivity (Wildman–Crippen MR) is 78.9 cm³/mol. The van der Waals surface area contributed by atoms with Crippen molar-refractivity contribution >= 4 is 23.5 Å². The molecule has 0 saturated carbocycles. The van der Waals surface area contributed by atoms with Crippen molar-refractivity contribution < 1.29 is 9.59 Å². The fraction of sp³-hybridized carbons (Fsp3) is 0.0667. The van der Waals surface area contributed by atoms with Crippen LogP contribution in [0.4, 0.5) is 4.79 Å². The van der Waals surface area contributed by atoms with E-state index in [0.29, 0.717) is 21.7 Å². The summed E-state index contributed by atoms with van der Waals surface area (Å²) in [5.74, 6) is -0.269. The van der Waals surface area contributed by atoms with Crippen molar-refractivity contribution in [3.8, 4) is 0 Å². The van der Waals surface area contributed by atoms with Crippen LogP contribution >= 0.6 is 11.6 Å².